The molecule has 19 heavy (non-hydrogen) atoms. The van der Waals surface area contributed by atoms with Crippen LogP contribution in [0, 0.1) is 10.1 Å². The first-order chi connectivity index (χ1) is 9.16. The minimum Gasteiger partial charge on any atom is -0.379 e. The lowest BCUT2D eigenvalue weighted by atomic mass is 10.2. The maximum atomic E-state index is 10.9. The lowest BCUT2D eigenvalue weighted by Crippen LogP contribution is -2.05. The summed E-state index contributed by atoms with van der Waals surface area (Å²) in [6.45, 7) is 0.600. The highest BCUT2D eigenvalue weighted by Crippen LogP contribution is 2.27. The van der Waals surface area contributed by atoms with Crippen LogP contribution >= 0.6 is 11.6 Å². The fourth-order valence-corrected chi connectivity index (χ4v) is 1.80. The first-order valence-electron chi connectivity index (χ1n) is 5.69. The van der Waals surface area contributed by atoms with E-state index in [-0.39, 0.29) is 5.69 Å². The molecule has 0 aliphatic heterocycles. The van der Waals surface area contributed by atoms with Crippen LogP contribution in [0.3, 0.4) is 0 Å². The van der Waals surface area contributed by atoms with E-state index in [1.54, 1.807) is 12.1 Å². The maximum Gasteiger partial charge on any atom is 0.293 e. The van der Waals surface area contributed by atoms with Crippen molar-refractivity contribution >= 4 is 23.0 Å². The van der Waals surface area contributed by atoms with Crippen molar-refractivity contribution in [2.45, 2.75) is 12.8 Å². The van der Waals surface area contributed by atoms with E-state index in [4.69, 9.17) is 11.6 Å². The average molecular weight is 282 g/mol. The molecule has 2 aromatic rings. The molecule has 0 bridgehead atoms. The third-order valence-electron chi connectivity index (χ3n) is 2.53. The number of nitro groups is 1. The van der Waals surface area contributed by atoms with Gasteiger partial charge >= 0.3 is 0 Å². The number of hydrogen-bond donors (Lipinski definition) is 2. The van der Waals surface area contributed by atoms with Gasteiger partial charge in [-0.3, -0.25) is 15.2 Å². The summed E-state index contributed by atoms with van der Waals surface area (Å²) >= 11 is 5.74. The maximum absolute atomic E-state index is 10.9. The molecule has 0 aliphatic rings. The van der Waals surface area contributed by atoms with E-state index in [1.807, 2.05) is 0 Å². The number of nitro benzene ring substituents is 1. The molecule has 0 fully saturated rings. The van der Waals surface area contributed by atoms with Gasteiger partial charge in [0, 0.05) is 24.1 Å². The molecule has 0 spiro atoms. The van der Waals surface area contributed by atoms with Crippen LogP contribution in [0.1, 0.15) is 12.2 Å². The standard InChI is InChI=1S/C11H12ClN5O2/c12-8-3-4-9(10(6-8)17(18)19)13-5-1-2-11-14-7-15-16-11/h3-4,6-7,13H,1-2,5H2,(H,14,15,16). The molecule has 0 aliphatic carbocycles. The van der Waals surface area contributed by atoms with Crippen molar-refractivity contribution in [1.82, 2.24) is 15.2 Å². The summed E-state index contributed by atoms with van der Waals surface area (Å²) in [6, 6.07) is 4.56. The van der Waals surface area contributed by atoms with Crippen molar-refractivity contribution in [3.63, 3.8) is 0 Å². The smallest absolute Gasteiger partial charge is 0.293 e. The van der Waals surface area contributed by atoms with Crippen molar-refractivity contribution in [3.05, 3.63) is 45.5 Å². The molecule has 0 amide bonds. The minimum absolute atomic E-state index is 0.0211. The number of aryl methyl sites for hydroxylation is 1. The Hall–Kier alpha value is -2.15. The molecule has 0 unspecified atom stereocenters. The Balaban J connectivity index is 1.90. The molecule has 0 radical (unpaired) electrons. The molecule has 0 atom stereocenters. The molecule has 100 valence electrons. The lowest BCUT2D eigenvalue weighted by Gasteiger charge is -2.06. The van der Waals surface area contributed by atoms with Crippen molar-refractivity contribution in [1.29, 1.82) is 0 Å². The van der Waals surface area contributed by atoms with Gasteiger partial charge in [0.15, 0.2) is 0 Å². The third kappa shape index (κ3) is 3.65. The number of nitrogens with zero attached hydrogens (tertiary/aromatic N) is 3. The number of rotatable bonds is 6. The Labute approximate surface area is 114 Å². The van der Waals surface area contributed by atoms with E-state index in [0.29, 0.717) is 17.3 Å². The van der Waals surface area contributed by atoms with Crippen LogP contribution in [0.4, 0.5) is 11.4 Å². The van der Waals surface area contributed by atoms with Crippen LogP contribution in [-0.2, 0) is 6.42 Å². The zero-order valence-electron chi connectivity index (χ0n) is 9.97. The summed E-state index contributed by atoms with van der Waals surface area (Å²) in [4.78, 5) is 14.4. The van der Waals surface area contributed by atoms with Gasteiger partial charge in [-0.15, -0.1) is 0 Å². The SMILES string of the molecule is O=[N+]([O-])c1cc(Cl)ccc1NCCCc1ncn[nH]1. The normalized spacial score (nSPS) is 10.4. The average Bonchev–Trinajstić information content (AvgIpc) is 2.89. The predicted octanol–water partition coefficient (Wildman–Crippen LogP) is 2.41. The number of hydrogen-bond acceptors (Lipinski definition) is 5. The number of aromatic amines is 1. The molecule has 1 aromatic carbocycles. The fourth-order valence-electron chi connectivity index (χ4n) is 1.64. The van der Waals surface area contributed by atoms with Gasteiger partial charge < -0.3 is 5.32 Å². The zero-order chi connectivity index (χ0) is 13.7. The summed E-state index contributed by atoms with van der Waals surface area (Å²) in [5.74, 6) is 0.799. The van der Waals surface area contributed by atoms with Gasteiger partial charge in [-0.25, -0.2) is 4.98 Å². The van der Waals surface area contributed by atoms with Crippen LogP contribution < -0.4 is 5.32 Å². The molecular weight excluding hydrogens is 270 g/mol. The summed E-state index contributed by atoms with van der Waals surface area (Å²) in [6.07, 6.45) is 2.97. The predicted molar refractivity (Wildman–Crippen MR) is 71.3 cm³/mol. The summed E-state index contributed by atoms with van der Waals surface area (Å²) < 4.78 is 0. The monoisotopic (exact) mass is 281 g/mol. The van der Waals surface area contributed by atoms with Crippen LogP contribution in [0.2, 0.25) is 5.02 Å². The van der Waals surface area contributed by atoms with Crippen molar-refractivity contribution in [2.24, 2.45) is 0 Å². The fraction of sp³-hybridized carbons (Fsp3) is 0.273. The number of halogens is 1. The molecule has 2 N–H and O–H groups in total. The highest BCUT2D eigenvalue weighted by Gasteiger charge is 2.13. The van der Waals surface area contributed by atoms with Gasteiger partial charge in [0.1, 0.15) is 17.8 Å². The van der Waals surface area contributed by atoms with Crippen molar-refractivity contribution < 1.29 is 4.92 Å². The van der Waals surface area contributed by atoms with E-state index in [1.165, 1.54) is 12.4 Å². The number of nitrogens with one attached hydrogen (secondary N) is 2. The Bertz CT molecular complexity index is 558. The summed E-state index contributed by atoms with van der Waals surface area (Å²) in [5, 5.41) is 20.7. The van der Waals surface area contributed by atoms with Gasteiger partial charge in [0.05, 0.1) is 4.92 Å². The minimum atomic E-state index is -0.454. The molecule has 0 saturated carbocycles. The second kappa shape index (κ2) is 6.14. The van der Waals surface area contributed by atoms with Gasteiger partial charge in [0.2, 0.25) is 0 Å². The van der Waals surface area contributed by atoms with Crippen molar-refractivity contribution in [3.8, 4) is 0 Å². The summed E-state index contributed by atoms with van der Waals surface area (Å²) in [7, 11) is 0. The van der Waals surface area contributed by atoms with Crippen LogP contribution in [0.25, 0.3) is 0 Å². The lowest BCUT2D eigenvalue weighted by molar-refractivity contribution is -0.383. The molecule has 7 nitrogen and oxygen atoms in total. The van der Waals surface area contributed by atoms with Crippen LogP contribution in [0.15, 0.2) is 24.5 Å². The Morgan fingerprint density at radius 1 is 1.47 bits per heavy atom. The third-order valence-corrected chi connectivity index (χ3v) is 2.76. The van der Waals surface area contributed by atoms with Crippen molar-refractivity contribution in [2.75, 3.05) is 11.9 Å². The Morgan fingerprint density at radius 3 is 3.00 bits per heavy atom. The molecule has 8 heteroatoms. The molecule has 1 heterocycles. The highest BCUT2D eigenvalue weighted by atomic mass is 35.5. The topological polar surface area (TPSA) is 96.7 Å². The number of H-pyrrole nitrogens is 1. The molecular formula is C11H12ClN5O2. The van der Waals surface area contributed by atoms with Gasteiger partial charge in [-0.1, -0.05) is 11.6 Å². The Kier molecular flexibility index (Phi) is 4.30. The second-order valence-electron chi connectivity index (χ2n) is 3.88. The molecule has 0 saturated heterocycles. The molecule has 2 rings (SSSR count). The van der Waals surface area contributed by atoms with E-state index in [0.717, 1.165) is 18.7 Å². The Morgan fingerprint density at radius 2 is 2.32 bits per heavy atom. The van der Waals surface area contributed by atoms with Crippen LogP contribution in [0.5, 0.6) is 0 Å². The largest absolute Gasteiger partial charge is 0.379 e. The van der Waals surface area contributed by atoms with Gasteiger partial charge in [-0.05, 0) is 18.6 Å². The first kappa shape index (κ1) is 13.3. The second-order valence-corrected chi connectivity index (χ2v) is 4.32. The first-order valence-corrected chi connectivity index (χ1v) is 6.06. The zero-order valence-corrected chi connectivity index (χ0v) is 10.7. The van der Waals surface area contributed by atoms with E-state index < -0.39 is 4.92 Å². The van der Waals surface area contributed by atoms with Gasteiger partial charge in [-0.2, -0.15) is 5.10 Å². The van der Waals surface area contributed by atoms with Gasteiger partial charge in [0.25, 0.3) is 5.69 Å². The number of benzene rings is 1. The quantitative estimate of drug-likeness (QED) is 0.481. The number of anilines is 1. The highest BCUT2D eigenvalue weighted by molar-refractivity contribution is 6.30. The molecule has 1 aromatic heterocycles. The number of aromatic nitrogens is 3. The summed E-state index contributed by atoms with van der Waals surface area (Å²) in [5.41, 5.74) is 0.444. The van der Waals surface area contributed by atoms with E-state index in [2.05, 4.69) is 20.5 Å². The van der Waals surface area contributed by atoms with E-state index in [9.17, 15) is 10.1 Å². The van der Waals surface area contributed by atoms with Crippen LogP contribution in [-0.4, -0.2) is 26.6 Å². The van der Waals surface area contributed by atoms with E-state index >= 15 is 0 Å².